The van der Waals surface area contributed by atoms with E-state index in [1.807, 2.05) is 31.2 Å². The third-order valence-corrected chi connectivity index (χ3v) is 2.89. The van der Waals surface area contributed by atoms with Gasteiger partial charge in [-0.05, 0) is 38.8 Å². The van der Waals surface area contributed by atoms with Crippen molar-refractivity contribution in [3.05, 3.63) is 35.4 Å². The molecule has 23 heavy (non-hydrogen) atoms. The number of carboxylic acid groups (broad SMARTS) is 1. The monoisotopic (exact) mass is 323 g/mol. The molecule has 0 spiro atoms. The Hall–Kier alpha value is -2.08. The summed E-state index contributed by atoms with van der Waals surface area (Å²) >= 11 is 0. The molecule has 0 aromatic heterocycles. The number of carbonyl (C=O) groups excluding carboxylic acids is 1. The molecule has 0 aliphatic rings. The molecule has 1 rings (SSSR count). The van der Waals surface area contributed by atoms with Gasteiger partial charge in [0.05, 0.1) is 6.61 Å². The maximum absolute atomic E-state index is 11.8. The Balaban J connectivity index is 2.72. The van der Waals surface area contributed by atoms with Crippen LogP contribution in [-0.2, 0) is 27.3 Å². The lowest BCUT2D eigenvalue weighted by atomic mass is 10.0. The van der Waals surface area contributed by atoms with E-state index in [-0.39, 0.29) is 6.42 Å². The number of carboxylic acids is 1. The minimum absolute atomic E-state index is 0.175. The van der Waals surface area contributed by atoms with Crippen LogP contribution in [-0.4, -0.2) is 35.4 Å². The largest absolute Gasteiger partial charge is 0.480 e. The van der Waals surface area contributed by atoms with Crippen LogP contribution in [0.2, 0.25) is 0 Å². The molecule has 0 radical (unpaired) electrons. The van der Waals surface area contributed by atoms with Gasteiger partial charge in [-0.15, -0.1) is 0 Å². The van der Waals surface area contributed by atoms with E-state index in [9.17, 15) is 14.7 Å². The van der Waals surface area contributed by atoms with E-state index in [0.29, 0.717) is 13.2 Å². The summed E-state index contributed by atoms with van der Waals surface area (Å²) in [4.78, 5) is 23.1. The second-order valence-electron chi connectivity index (χ2n) is 6.20. The predicted octanol–water partition coefficient (Wildman–Crippen LogP) is 2.74. The lowest BCUT2D eigenvalue weighted by Crippen LogP contribution is -2.44. The van der Waals surface area contributed by atoms with E-state index >= 15 is 0 Å². The molecule has 0 aliphatic carbocycles. The Morgan fingerprint density at radius 2 is 1.91 bits per heavy atom. The fourth-order valence-corrected chi connectivity index (χ4v) is 1.95. The third kappa shape index (κ3) is 7.65. The molecular formula is C17H25NO5. The van der Waals surface area contributed by atoms with Crippen molar-refractivity contribution in [1.29, 1.82) is 0 Å². The first-order valence-electron chi connectivity index (χ1n) is 7.59. The van der Waals surface area contributed by atoms with Gasteiger partial charge in [0.25, 0.3) is 0 Å². The lowest BCUT2D eigenvalue weighted by Gasteiger charge is -2.22. The number of aliphatic carboxylic acids is 1. The number of hydrogen-bond acceptors (Lipinski definition) is 4. The van der Waals surface area contributed by atoms with Gasteiger partial charge in [0.15, 0.2) is 0 Å². The standard InChI is InChI=1S/C17H25NO5/c1-5-22-11-13-8-6-7-12(9-13)10-14(15(19)20)18-16(21)23-17(2,3)4/h6-9,14H,5,10-11H2,1-4H3,(H,18,21)(H,19,20)/t14-/m0/s1. The van der Waals surface area contributed by atoms with Crippen LogP contribution in [0.25, 0.3) is 0 Å². The van der Waals surface area contributed by atoms with Crippen molar-refractivity contribution in [2.45, 2.75) is 52.4 Å². The summed E-state index contributed by atoms with van der Waals surface area (Å²) in [5.74, 6) is -1.11. The normalized spacial score (nSPS) is 12.5. The molecule has 0 aliphatic heterocycles. The molecule has 2 N–H and O–H groups in total. The van der Waals surface area contributed by atoms with Crippen LogP contribution in [0, 0.1) is 0 Å². The molecule has 0 fully saturated rings. The molecule has 6 heteroatoms. The molecule has 1 aromatic rings. The smallest absolute Gasteiger partial charge is 0.408 e. The molecule has 0 heterocycles. The van der Waals surface area contributed by atoms with Crippen molar-refractivity contribution in [3.8, 4) is 0 Å². The number of alkyl carbamates (subject to hydrolysis) is 1. The zero-order valence-corrected chi connectivity index (χ0v) is 14.1. The van der Waals surface area contributed by atoms with Gasteiger partial charge in [-0.25, -0.2) is 9.59 Å². The van der Waals surface area contributed by atoms with Crippen LogP contribution in [0.15, 0.2) is 24.3 Å². The first-order valence-corrected chi connectivity index (χ1v) is 7.59. The molecule has 1 atom stereocenters. The van der Waals surface area contributed by atoms with Crippen molar-refractivity contribution in [3.63, 3.8) is 0 Å². The van der Waals surface area contributed by atoms with Crippen LogP contribution in [0.4, 0.5) is 4.79 Å². The summed E-state index contributed by atoms with van der Waals surface area (Å²) < 4.78 is 10.4. The Morgan fingerprint density at radius 1 is 1.26 bits per heavy atom. The molecule has 1 amide bonds. The zero-order valence-electron chi connectivity index (χ0n) is 14.1. The molecule has 0 bridgehead atoms. The van der Waals surface area contributed by atoms with Crippen molar-refractivity contribution in [1.82, 2.24) is 5.32 Å². The van der Waals surface area contributed by atoms with Gasteiger partial charge in [0.2, 0.25) is 0 Å². The van der Waals surface area contributed by atoms with E-state index in [4.69, 9.17) is 9.47 Å². The van der Waals surface area contributed by atoms with Gasteiger partial charge in [-0.1, -0.05) is 24.3 Å². The highest BCUT2D eigenvalue weighted by Crippen LogP contribution is 2.11. The average Bonchev–Trinajstić information content (AvgIpc) is 2.42. The van der Waals surface area contributed by atoms with Crippen LogP contribution in [0.5, 0.6) is 0 Å². The lowest BCUT2D eigenvalue weighted by molar-refractivity contribution is -0.139. The summed E-state index contributed by atoms with van der Waals surface area (Å²) in [6.45, 7) is 8.16. The number of hydrogen-bond donors (Lipinski definition) is 2. The number of nitrogens with one attached hydrogen (secondary N) is 1. The Bertz CT molecular complexity index is 536. The summed E-state index contributed by atoms with van der Waals surface area (Å²) in [5.41, 5.74) is 1.10. The number of ether oxygens (including phenoxy) is 2. The van der Waals surface area contributed by atoms with Gasteiger partial charge in [0.1, 0.15) is 11.6 Å². The summed E-state index contributed by atoms with van der Waals surface area (Å²) in [6.07, 6.45) is -0.565. The molecule has 0 saturated carbocycles. The number of amides is 1. The van der Waals surface area contributed by atoms with Gasteiger partial charge < -0.3 is 19.9 Å². The van der Waals surface area contributed by atoms with E-state index < -0.39 is 23.7 Å². The van der Waals surface area contributed by atoms with Crippen molar-refractivity contribution < 1.29 is 24.2 Å². The highest BCUT2D eigenvalue weighted by molar-refractivity contribution is 5.80. The van der Waals surface area contributed by atoms with E-state index in [0.717, 1.165) is 11.1 Å². The van der Waals surface area contributed by atoms with Crippen LogP contribution in [0.1, 0.15) is 38.8 Å². The number of rotatable bonds is 7. The second kappa shape index (κ2) is 8.53. The molecule has 128 valence electrons. The SMILES string of the molecule is CCOCc1cccc(C[C@H](NC(=O)OC(C)(C)C)C(=O)O)c1. The van der Waals surface area contributed by atoms with Crippen LogP contribution >= 0.6 is 0 Å². The maximum atomic E-state index is 11.8. The highest BCUT2D eigenvalue weighted by Gasteiger charge is 2.24. The Morgan fingerprint density at radius 3 is 2.48 bits per heavy atom. The van der Waals surface area contributed by atoms with Crippen molar-refractivity contribution in [2.24, 2.45) is 0 Å². The molecular weight excluding hydrogens is 298 g/mol. The first kappa shape index (κ1) is 19.0. The Kier molecular flexibility index (Phi) is 7.03. The van der Waals surface area contributed by atoms with Crippen LogP contribution in [0.3, 0.4) is 0 Å². The molecule has 1 aromatic carbocycles. The van der Waals surface area contributed by atoms with Gasteiger partial charge in [0, 0.05) is 13.0 Å². The maximum Gasteiger partial charge on any atom is 0.408 e. The molecule has 0 unspecified atom stereocenters. The molecule has 6 nitrogen and oxygen atoms in total. The van der Waals surface area contributed by atoms with Gasteiger partial charge in [-0.2, -0.15) is 0 Å². The van der Waals surface area contributed by atoms with Crippen molar-refractivity contribution in [2.75, 3.05) is 6.61 Å². The topological polar surface area (TPSA) is 84.9 Å². The number of benzene rings is 1. The van der Waals surface area contributed by atoms with Crippen LogP contribution < -0.4 is 5.32 Å². The van der Waals surface area contributed by atoms with Crippen molar-refractivity contribution >= 4 is 12.1 Å². The average molecular weight is 323 g/mol. The fraction of sp³-hybridized carbons (Fsp3) is 0.529. The minimum atomic E-state index is -1.11. The summed E-state index contributed by atoms with van der Waals surface area (Å²) in [5, 5.41) is 11.7. The van der Waals surface area contributed by atoms with E-state index in [1.54, 1.807) is 20.8 Å². The highest BCUT2D eigenvalue weighted by atomic mass is 16.6. The van der Waals surface area contributed by atoms with E-state index in [1.165, 1.54) is 0 Å². The summed E-state index contributed by atoms with van der Waals surface area (Å²) in [6, 6.07) is 6.41. The zero-order chi connectivity index (χ0) is 17.5. The fourth-order valence-electron chi connectivity index (χ4n) is 1.95. The van der Waals surface area contributed by atoms with Gasteiger partial charge in [-0.3, -0.25) is 0 Å². The Labute approximate surface area is 136 Å². The predicted molar refractivity (Wildman–Crippen MR) is 86.3 cm³/mol. The second-order valence-corrected chi connectivity index (χ2v) is 6.20. The number of carbonyl (C=O) groups is 2. The van der Waals surface area contributed by atoms with E-state index in [2.05, 4.69) is 5.32 Å². The van der Waals surface area contributed by atoms with Gasteiger partial charge >= 0.3 is 12.1 Å². The minimum Gasteiger partial charge on any atom is -0.480 e. The first-order chi connectivity index (χ1) is 10.7. The summed E-state index contributed by atoms with van der Waals surface area (Å²) in [7, 11) is 0. The quantitative estimate of drug-likeness (QED) is 0.806. The third-order valence-electron chi connectivity index (χ3n) is 2.89. The molecule has 0 saturated heterocycles.